The zero-order valence-corrected chi connectivity index (χ0v) is 12.5. The average molecular weight is 261 g/mol. The van der Waals surface area contributed by atoms with Crippen molar-refractivity contribution in [3.63, 3.8) is 0 Å². The number of nitrogens with two attached hydrogens (primary N) is 1. The molecule has 1 unspecified atom stereocenters. The van der Waals surface area contributed by atoms with E-state index in [1.54, 1.807) is 0 Å². The van der Waals surface area contributed by atoms with Crippen molar-refractivity contribution in [2.45, 2.75) is 31.8 Å². The molecule has 0 bridgehead atoms. The van der Waals surface area contributed by atoms with Crippen molar-refractivity contribution in [3.05, 3.63) is 35.9 Å². The third-order valence-electron chi connectivity index (χ3n) is 4.38. The molecule has 1 fully saturated rings. The third kappa shape index (κ3) is 3.78. The van der Waals surface area contributed by atoms with Gasteiger partial charge in [0.05, 0.1) is 0 Å². The minimum atomic E-state index is 0.156. The topological polar surface area (TPSA) is 32.5 Å². The summed E-state index contributed by atoms with van der Waals surface area (Å²) in [6, 6.07) is 10.6. The number of hydrogen-bond donors (Lipinski definition) is 1. The summed E-state index contributed by atoms with van der Waals surface area (Å²) >= 11 is 0. The maximum Gasteiger partial charge on any atom is 0.0307 e. The molecule has 2 rings (SSSR count). The molecule has 0 amide bonds. The first-order valence-corrected chi connectivity index (χ1v) is 7.23. The first-order chi connectivity index (χ1) is 8.99. The minimum Gasteiger partial charge on any atom is -0.324 e. The van der Waals surface area contributed by atoms with Crippen LogP contribution in [0.1, 0.15) is 31.9 Å². The normalized spacial score (nSPS) is 22.3. The quantitative estimate of drug-likeness (QED) is 0.901. The van der Waals surface area contributed by atoms with E-state index >= 15 is 0 Å². The van der Waals surface area contributed by atoms with E-state index in [1.807, 2.05) is 6.07 Å². The van der Waals surface area contributed by atoms with Crippen LogP contribution in [-0.2, 0) is 0 Å². The number of rotatable bonds is 4. The van der Waals surface area contributed by atoms with Gasteiger partial charge in [0.25, 0.3) is 0 Å². The monoisotopic (exact) mass is 261 g/mol. The fraction of sp³-hybridized carbons (Fsp3) is 0.625. The third-order valence-corrected chi connectivity index (χ3v) is 4.38. The van der Waals surface area contributed by atoms with Crippen LogP contribution in [0.25, 0.3) is 0 Å². The number of nitrogens with zero attached hydrogens (tertiary/aromatic N) is 2. The van der Waals surface area contributed by atoms with Crippen molar-refractivity contribution in [3.8, 4) is 0 Å². The molecule has 0 aliphatic carbocycles. The van der Waals surface area contributed by atoms with Crippen molar-refractivity contribution >= 4 is 0 Å². The molecular formula is C16H27N3. The SMILES string of the molecule is CN1CCN(CCC(N)c2ccccc2)CC1(C)C. The van der Waals surface area contributed by atoms with Gasteiger partial charge in [0.1, 0.15) is 0 Å². The summed E-state index contributed by atoms with van der Waals surface area (Å²) in [6.07, 6.45) is 1.03. The Labute approximate surface area is 117 Å². The second kappa shape index (κ2) is 6.04. The predicted molar refractivity (Wildman–Crippen MR) is 81.1 cm³/mol. The van der Waals surface area contributed by atoms with E-state index in [0.29, 0.717) is 0 Å². The summed E-state index contributed by atoms with van der Waals surface area (Å²) in [7, 11) is 2.22. The molecule has 0 radical (unpaired) electrons. The largest absolute Gasteiger partial charge is 0.324 e. The van der Waals surface area contributed by atoms with Crippen LogP contribution in [0.15, 0.2) is 30.3 Å². The molecule has 1 aromatic carbocycles. The van der Waals surface area contributed by atoms with Crippen LogP contribution in [0, 0.1) is 0 Å². The van der Waals surface area contributed by atoms with E-state index in [4.69, 9.17) is 5.73 Å². The second-order valence-corrected chi connectivity index (χ2v) is 6.32. The molecule has 0 saturated carbocycles. The lowest BCUT2D eigenvalue weighted by atomic mass is 9.98. The lowest BCUT2D eigenvalue weighted by Gasteiger charge is -2.45. The number of likely N-dealkylation sites (N-methyl/N-ethyl adjacent to an activating group) is 1. The maximum absolute atomic E-state index is 6.27. The molecule has 1 aliphatic heterocycles. The average Bonchev–Trinajstić information content (AvgIpc) is 2.40. The fourth-order valence-electron chi connectivity index (χ4n) is 2.72. The molecule has 3 nitrogen and oxygen atoms in total. The van der Waals surface area contributed by atoms with Crippen LogP contribution in [0.2, 0.25) is 0 Å². The highest BCUT2D eigenvalue weighted by Crippen LogP contribution is 2.20. The summed E-state index contributed by atoms with van der Waals surface area (Å²) in [5, 5.41) is 0. The van der Waals surface area contributed by atoms with Crippen LogP contribution in [0.3, 0.4) is 0 Å². The van der Waals surface area contributed by atoms with Crippen molar-refractivity contribution in [2.24, 2.45) is 5.73 Å². The van der Waals surface area contributed by atoms with E-state index in [1.165, 1.54) is 5.56 Å². The Hall–Kier alpha value is -0.900. The zero-order chi connectivity index (χ0) is 13.9. The van der Waals surface area contributed by atoms with Crippen molar-refractivity contribution < 1.29 is 0 Å². The Morgan fingerprint density at radius 2 is 1.89 bits per heavy atom. The second-order valence-electron chi connectivity index (χ2n) is 6.32. The van der Waals surface area contributed by atoms with Crippen molar-refractivity contribution in [1.29, 1.82) is 0 Å². The van der Waals surface area contributed by atoms with Crippen LogP contribution >= 0.6 is 0 Å². The van der Waals surface area contributed by atoms with E-state index < -0.39 is 0 Å². The highest BCUT2D eigenvalue weighted by atomic mass is 15.3. The molecule has 19 heavy (non-hydrogen) atoms. The van der Waals surface area contributed by atoms with Crippen LogP contribution < -0.4 is 5.73 Å². The van der Waals surface area contributed by atoms with Gasteiger partial charge in [0, 0.05) is 37.8 Å². The maximum atomic E-state index is 6.27. The van der Waals surface area contributed by atoms with E-state index in [9.17, 15) is 0 Å². The molecule has 0 aromatic heterocycles. The molecule has 1 saturated heterocycles. The minimum absolute atomic E-state index is 0.156. The molecule has 1 atom stereocenters. The summed E-state index contributed by atoms with van der Waals surface area (Å²) < 4.78 is 0. The van der Waals surface area contributed by atoms with Gasteiger partial charge >= 0.3 is 0 Å². The van der Waals surface area contributed by atoms with Crippen molar-refractivity contribution in [1.82, 2.24) is 9.80 Å². The Balaban J connectivity index is 1.83. The van der Waals surface area contributed by atoms with Gasteiger partial charge in [-0.25, -0.2) is 0 Å². The lowest BCUT2D eigenvalue weighted by Crippen LogP contribution is -2.57. The summed E-state index contributed by atoms with van der Waals surface area (Å²) in [5.41, 5.74) is 7.79. The van der Waals surface area contributed by atoms with Crippen molar-refractivity contribution in [2.75, 3.05) is 33.2 Å². The van der Waals surface area contributed by atoms with Gasteiger partial charge in [-0.05, 0) is 32.9 Å². The van der Waals surface area contributed by atoms with Gasteiger partial charge in [-0.1, -0.05) is 30.3 Å². The van der Waals surface area contributed by atoms with E-state index in [2.05, 4.69) is 55.0 Å². The molecule has 1 aromatic rings. The first-order valence-electron chi connectivity index (χ1n) is 7.23. The van der Waals surface area contributed by atoms with Crippen LogP contribution in [-0.4, -0.2) is 48.6 Å². The number of benzene rings is 1. The molecule has 2 N–H and O–H groups in total. The standard InChI is InChI=1S/C16H27N3/c1-16(2)13-19(12-11-18(16)3)10-9-15(17)14-7-5-4-6-8-14/h4-8,15H,9-13,17H2,1-3H3. The van der Waals surface area contributed by atoms with Gasteiger partial charge in [-0.2, -0.15) is 0 Å². The van der Waals surface area contributed by atoms with Gasteiger partial charge in [0.15, 0.2) is 0 Å². The van der Waals surface area contributed by atoms with Gasteiger partial charge in [0.2, 0.25) is 0 Å². The predicted octanol–water partition coefficient (Wildman–Crippen LogP) is 2.10. The van der Waals surface area contributed by atoms with Gasteiger partial charge in [-0.15, -0.1) is 0 Å². The molecule has 3 heteroatoms. The number of hydrogen-bond acceptors (Lipinski definition) is 3. The number of piperazine rings is 1. The smallest absolute Gasteiger partial charge is 0.0307 e. The summed E-state index contributed by atoms with van der Waals surface area (Å²) in [5.74, 6) is 0. The lowest BCUT2D eigenvalue weighted by molar-refractivity contribution is 0.0387. The van der Waals surface area contributed by atoms with E-state index in [-0.39, 0.29) is 11.6 Å². The van der Waals surface area contributed by atoms with Gasteiger partial charge in [-0.3, -0.25) is 4.90 Å². The van der Waals surface area contributed by atoms with Gasteiger partial charge < -0.3 is 10.6 Å². The molecule has 0 spiro atoms. The Morgan fingerprint density at radius 3 is 2.53 bits per heavy atom. The molecule has 1 aliphatic rings. The fourth-order valence-corrected chi connectivity index (χ4v) is 2.72. The Bertz CT molecular complexity index is 388. The van der Waals surface area contributed by atoms with Crippen LogP contribution in [0.5, 0.6) is 0 Å². The molecule has 1 heterocycles. The Morgan fingerprint density at radius 1 is 1.21 bits per heavy atom. The first kappa shape index (κ1) is 14.5. The molecular weight excluding hydrogens is 234 g/mol. The molecule has 106 valence electrons. The van der Waals surface area contributed by atoms with Crippen LogP contribution in [0.4, 0.5) is 0 Å². The summed E-state index contributed by atoms with van der Waals surface area (Å²) in [4.78, 5) is 4.99. The Kier molecular flexibility index (Phi) is 4.61. The summed E-state index contributed by atoms with van der Waals surface area (Å²) in [6.45, 7) is 9.15. The highest BCUT2D eigenvalue weighted by molar-refractivity contribution is 5.18. The van der Waals surface area contributed by atoms with E-state index in [0.717, 1.165) is 32.6 Å². The highest BCUT2D eigenvalue weighted by Gasteiger charge is 2.30. The zero-order valence-electron chi connectivity index (χ0n) is 12.5.